The maximum absolute atomic E-state index is 12.7. The minimum atomic E-state index is -4.39. The number of para-hydroxylation sites is 1. The molecule has 28 heavy (non-hydrogen) atoms. The molecule has 0 unspecified atom stereocenters. The van der Waals surface area contributed by atoms with Gasteiger partial charge in [-0.05, 0) is 36.4 Å². The van der Waals surface area contributed by atoms with Gasteiger partial charge in [0.15, 0.2) is 5.84 Å². The van der Waals surface area contributed by atoms with E-state index in [2.05, 4.69) is 15.7 Å². The van der Waals surface area contributed by atoms with Crippen molar-refractivity contribution in [3.63, 3.8) is 0 Å². The smallest absolute Gasteiger partial charge is 0.385 e. The van der Waals surface area contributed by atoms with Gasteiger partial charge < -0.3 is 21.5 Å². The second-order valence-corrected chi connectivity index (χ2v) is 6.66. The highest BCUT2D eigenvalue weighted by molar-refractivity contribution is 6.02. The molecule has 1 aliphatic heterocycles. The van der Waals surface area contributed by atoms with Gasteiger partial charge in [-0.1, -0.05) is 12.1 Å². The summed E-state index contributed by atoms with van der Waals surface area (Å²) in [6, 6.07) is 11.6. The number of anilines is 2. The van der Waals surface area contributed by atoms with E-state index in [9.17, 15) is 18.3 Å². The number of hydrogen-bond acceptors (Lipinski definition) is 6. The van der Waals surface area contributed by atoms with E-state index in [-0.39, 0.29) is 12.4 Å². The molecule has 7 nitrogen and oxygen atoms in total. The number of hydrazone groups is 1. The fourth-order valence-electron chi connectivity index (χ4n) is 2.77. The normalized spacial score (nSPS) is 16.4. The first kappa shape index (κ1) is 19.9. The first-order valence-electron chi connectivity index (χ1n) is 8.49. The summed E-state index contributed by atoms with van der Waals surface area (Å²) >= 11 is 0. The molecule has 1 aliphatic rings. The van der Waals surface area contributed by atoms with Crippen molar-refractivity contribution < 1.29 is 18.3 Å². The Balaban J connectivity index is 1.76. The number of β-amino-alcohol motifs (C(OH)–C–C–N with tert-alkyl or cyclic N) is 1. The van der Waals surface area contributed by atoms with E-state index >= 15 is 0 Å². The van der Waals surface area contributed by atoms with E-state index in [1.807, 2.05) is 0 Å². The van der Waals surface area contributed by atoms with Gasteiger partial charge in [-0.15, -0.1) is 5.10 Å². The Hall–Kier alpha value is -2.82. The molecule has 2 aromatic rings. The fourth-order valence-corrected chi connectivity index (χ4v) is 2.77. The average molecular weight is 394 g/mol. The molecule has 10 heteroatoms. The zero-order valence-corrected chi connectivity index (χ0v) is 14.9. The van der Waals surface area contributed by atoms with E-state index < -0.39 is 17.3 Å². The molecule has 0 spiro atoms. The monoisotopic (exact) mass is 394 g/mol. The predicted molar refractivity (Wildman–Crippen MR) is 101 cm³/mol. The van der Waals surface area contributed by atoms with Crippen molar-refractivity contribution in [2.45, 2.75) is 11.8 Å². The van der Waals surface area contributed by atoms with Crippen LogP contribution in [-0.4, -0.2) is 41.3 Å². The van der Waals surface area contributed by atoms with Gasteiger partial charge in [0.2, 0.25) is 0 Å². The number of aliphatic hydroxyl groups is 1. The van der Waals surface area contributed by atoms with Crippen molar-refractivity contribution in [1.29, 1.82) is 0 Å². The summed E-state index contributed by atoms with van der Waals surface area (Å²) in [5.74, 6) is 5.92. The first-order valence-corrected chi connectivity index (χ1v) is 8.49. The Labute approximate surface area is 159 Å². The third-order valence-electron chi connectivity index (χ3n) is 4.29. The maximum Gasteiger partial charge on any atom is 0.416 e. The molecule has 1 heterocycles. The molecule has 0 bridgehead atoms. The topological polar surface area (TPSA) is 112 Å². The summed E-state index contributed by atoms with van der Waals surface area (Å²) in [5, 5.41) is 21.3. The van der Waals surface area contributed by atoms with Crippen LogP contribution in [0.3, 0.4) is 0 Å². The molecule has 1 saturated heterocycles. The lowest BCUT2D eigenvalue weighted by molar-refractivity contribution is -0.137. The quantitative estimate of drug-likeness (QED) is 0.220. The summed E-state index contributed by atoms with van der Waals surface area (Å²) in [5.41, 5.74) is 5.92. The second kappa shape index (κ2) is 7.66. The number of hydrogen-bond donors (Lipinski definition) is 5. The molecule has 7 N–H and O–H groups in total. The van der Waals surface area contributed by atoms with Crippen LogP contribution in [0.1, 0.15) is 11.1 Å². The van der Waals surface area contributed by atoms with Crippen LogP contribution in [0.15, 0.2) is 53.6 Å². The molecule has 0 saturated carbocycles. The average Bonchev–Trinajstić information content (AvgIpc) is 2.60. The summed E-state index contributed by atoms with van der Waals surface area (Å²) in [7, 11) is 0. The fraction of sp³-hybridized carbons (Fsp3) is 0.278. The SMILES string of the molecule is N/C(=N\N(N)CC1(O)CNC1)c1ccccc1Nc1ccc(C(F)(F)F)cc1. The number of nitrogens with two attached hydrogens (primary N) is 2. The van der Waals surface area contributed by atoms with Gasteiger partial charge in [-0.25, -0.2) is 11.0 Å². The van der Waals surface area contributed by atoms with E-state index in [4.69, 9.17) is 11.6 Å². The van der Waals surface area contributed by atoms with Crippen LogP contribution < -0.4 is 22.2 Å². The molecule has 0 aliphatic carbocycles. The Kier molecular flexibility index (Phi) is 5.45. The minimum absolute atomic E-state index is 0.105. The molecule has 2 aromatic carbocycles. The van der Waals surface area contributed by atoms with E-state index in [1.165, 1.54) is 12.1 Å². The lowest BCUT2D eigenvalue weighted by atomic mass is 9.98. The number of halogens is 3. The number of benzene rings is 2. The lowest BCUT2D eigenvalue weighted by Gasteiger charge is -2.39. The van der Waals surface area contributed by atoms with E-state index in [0.717, 1.165) is 17.3 Å². The van der Waals surface area contributed by atoms with Crippen molar-refractivity contribution in [1.82, 2.24) is 10.4 Å². The van der Waals surface area contributed by atoms with Crippen molar-refractivity contribution in [3.8, 4) is 0 Å². The molecule has 0 aromatic heterocycles. The van der Waals surface area contributed by atoms with Crippen molar-refractivity contribution in [3.05, 3.63) is 59.7 Å². The summed E-state index contributed by atoms with van der Waals surface area (Å²) in [4.78, 5) is 0. The van der Waals surface area contributed by atoms with Crippen LogP contribution in [0.5, 0.6) is 0 Å². The first-order chi connectivity index (χ1) is 13.2. The largest absolute Gasteiger partial charge is 0.416 e. The summed E-state index contributed by atoms with van der Waals surface area (Å²) < 4.78 is 38.1. The van der Waals surface area contributed by atoms with Crippen LogP contribution in [0.4, 0.5) is 24.5 Å². The van der Waals surface area contributed by atoms with Gasteiger partial charge in [0.05, 0.1) is 12.1 Å². The van der Waals surface area contributed by atoms with Gasteiger partial charge >= 0.3 is 6.18 Å². The van der Waals surface area contributed by atoms with E-state index in [1.54, 1.807) is 24.3 Å². The Morgan fingerprint density at radius 1 is 1.18 bits per heavy atom. The third-order valence-corrected chi connectivity index (χ3v) is 4.29. The molecule has 150 valence electrons. The molecular weight excluding hydrogens is 373 g/mol. The van der Waals surface area contributed by atoms with Crippen LogP contribution >= 0.6 is 0 Å². The number of nitrogens with zero attached hydrogens (tertiary/aromatic N) is 2. The van der Waals surface area contributed by atoms with E-state index in [0.29, 0.717) is 30.0 Å². The molecule has 0 atom stereocenters. The molecule has 1 fully saturated rings. The van der Waals surface area contributed by atoms with Gasteiger partial charge in [-0.2, -0.15) is 13.2 Å². The number of alkyl halides is 3. The summed E-state index contributed by atoms with van der Waals surface area (Å²) in [6.45, 7) is 0.944. The highest BCUT2D eigenvalue weighted by atomic mass is 19.4. The lowest BCUT2D eigenvalue weighted by Crippen LogP contribution is -2.64. The van der Waals surface area contributed by atoms with Gasteiger partial charge in [0.25, 0.3) is 0 Å². The Bertz CT molecular complexity index is 849. The van der Waals surface area contributed by atoms with Gasteiger partial charge in [0.1, 0.15) is 5.60 Å². The zero-order chi connectivity index (χ0) is 20.4. The van der Waals surface area contributed by atoms with Crippen molar-refractivity contribution in [2.24, 2.45) is 16.7 Å². The van der Waals surface area contributed by atoms with Crippen molar-refractivity contribution in [2.75, 3.05) is 25.0 Å². The van der Waals surface area contributed by atoms with Crippen LogP contribution in [0.25, 0.3) is 0 Å². The highest BCUT2D eigenvalue weighted by Gasteiger charge is 2.35. The number of rotatable bonds is 6. The Morgan fingerprint density at radius 2 is 1.82 bits per heavy atom. The van der Waals surface area contributed by atoms with Gasteiger partial charge in [-0.3, -0.25) is 0 Å². The van der Waals surface area contributed by atoms with Crippen LogP contribution in [0.2, 0.25) is 0 Å². The molecule has 3 rings (SSSR count). The molecule has 0 radical (unpaired) electrons. The maximum atomic E-state index is 12.7. The molecular formula is C18H21F3N6O. The zero-order valence-electron chi connectivity index (χ0n) is 14.9. The Morgan fingerprint density at radius 3 is 2.39 bits per heavy atom. The van der Waals surface area contributed by atoms with Crippen LogP contribution in [0, 0.1) is 0 Å². The standard InChI is InChI=1S/C18H21F3N6O/c19-18(20,21)12-5-7-13(8-6-12)25-15-4-2-1-3-14(15)16(22)26-27(23)11-17(28)9-24-10-17/h1-8,24-25,28H,9-11,23H2,(H2,22,26). The highest BCUT2D eigenvalue weighted by Crippen LogP contribution is 2.30. The number of hydrazine groups is 1. The minimum Gasteiger partial charge on any atom is -0.385 e. The summed E-state index contributed by atoms with van der Waals surface area (Å²) in [6.07, 6.45) is -4.39. The predicted octanol–water partition coefficient (Wildman–Crippen LogP) is 1.58. The number of amidine groups is 1. The van der Waals surface area contributed by atoms with Crippen LogP contribution in [-0.2, 0) is 6.18 Å². The molecule has 0 amide bonds. The van der Waals surface area contributed by atoms with Crippen molar-refractivity contribution >= 4 is 17.2 Å². The second-order valence-electron chi connectivity index (χ2n) is 6.66. The number of nitrogens with one attached hydrogen (secondary N) is 2. The third kappa shape index (κ3) is 4.71. The van der Waals surface area contributed by atoms with Gasteiger partial charge in [0, 0.05) is 30.0 Å².